The van der Waals surface area contributed by atoms with Crippen LogP contribution in [0.1, 0.15) is 31.4 Å². The number of piperidine rings is 1. The summed E-state index contributed by atoms with van der Waals surface area (Å²) in [7, 11) is 0. The molecule has 1 aliphatic heterocycles. The Kier molecular flexibility index (Phi) is 6.29. The summed E-state index contributed by atoms with van der Waals surface area (Å²) in [5, 5.41) is 5.53. The number of hydrogen-bond donors (Lipinski definition) is 1. The Balaban J connectivity index is 1.26. The number of fused-ring (bicyclic) bond motifs is 1. The summed E-state index contributed by atoms with van der Waals surface area (Å²) < 4.78 is 14.2. The summed E-state index contributed by atoms with van der Waals surface area (Å²) in [4.78, 5) is 18.0. The fourth-order valence-electron chi connectivity index (χ4n) is 5.02. The number of ether oxygens (including phenoxy) is 1. The zero-order valence-electron chi connectivity index (χ0n) is 21.2. The lowest BCUT2D eigenvalue weighted by atomic mass is 10.0. The fraction of sp³-hybridized carbons (Fsp3) is 0.233. The van der Waals surface area contributed by atoms with Crippen molar-refractivity contribution in [2.45, 2.75) is 32.4 Å². The highest BCUT2D eigenvalue weighted by atomic mass is 16.5. The van der Waals surface area contributed by atoms with Crippen LogP contribution in [-0.2, 0) is 11.4 Å². The molecule has 2 aromatic carbocycles. The molecular formula is C30H29N5O3. The van der Waals surface area contributed by atoms with Gasteiger partial charge >= 0.3 is 0 Å². The van der Waals surface area contributed by atoms with Gasteiger partial charge in [0.05, 0.1) is 12.2 Å². The van der Waals surface area contributed by atoms with Gasteiger partial charge in [0.15, 0.2) is 11.4 Å². The van der Waals surface area contributed by atoms with E-state index in [2.05, 4.69) is 10.1 Å². The summed E-state index contributed by atoms with van der Waals surface area (Å²) in [5.74, 6) is 1.92. The minimum atomic E-state index is 0.129. The van der Waals surface area contributed by atoms with Crippen LogP contribution in [0.15, 0.2) is 83.7 Å². The van der Waals surface area contributed by atoms with Gasteiger partial charge in [0.2, 0.25) is 5.91 Å². The highest BCUT2D eigenvalue weighted by molar-refractivity contribution is 6.00. The number of aromatic nitrogens is 3. The summed E-state index contributed by atoms with van der Waals surface area (Å²) in [5.41, 5.74) is 10.6. The number of anilines is 1. The van der Waals surface area contributed by atoms with Crippen molar-refractivity contribution in [3.05, 3.63) is 84.8 Å². The van der Waals surface area contributed by atoms with Gasteiger partial charge in [0.1, 0.15) is 18.1 Å². The molecule has 0 atom stereocenters. The molecule has 0 bridgehead atoms. The van der Waals surface area contributed by atoms with E-state index in [1.165, 1.54) is 0 Å². The molecule has 3 aromatic heterocycles. The third-order valence-electron chi connectivity index (χ3n) is 7.15. The molecule has 1 fully saturated rings. The fourth-order valence-corrected chi connectivity index (χ4v) is 5.02. The number of benzene rings is 2. The quantitative estimate of drug-likeness (QED) is 0.316. The minimum absolute atomic E-state index is 0.129. The van der Waals surface area contributed by atoms with Gasteiger partial charge in [0.25, 0.3) is 0 Å². The Morgan fingerprint density at radius 3 is 2.66 bits per heavy atom. The number of carbonyl (C=O) groups excluding carboxylic acids is 1. The maximum absolute atomic E-state index is 11.7. The molecule has 2 N–H and O–H groups in total. The maximum atomic E-state index is 11.7. The molecule has 0 unspecified atom stereocenters. The summed E-state index contributed by atoms with van der Waals surface area (Å²) in [6.07, 6.45) is 7.44. The van der Waals surface area contributed by atoms with Gasteiger partial charge in [-0.1, -0.05) is 42.5 Å². The van der Waals surface area contributed by atoms with Gasteiger partial charge in [-0.05, 0) is 36.6 Å². The van der Waals surface area contributed by atoms with Gasteiger partial charge in [0, 0.05) is 54.5 Å². The number of nitrogens with zero attached hydrogens (tertiary/aromatic N) is 4. The molecule has 8 heteroatoms. The standard InChI is InChI=1S/C30H29N5O3/c1-20(36)34-12-10-24(11-13-34)35-18-23(16-33-35)27-17-32-30(31)29-26(27)15-28(38-29)22-8-5-9-25(14-22)37-19-21-6-3-2-4-7-21/h2-9,14-18,24H,10-13,19H2,1H3,(H2,31,32). The first-order valence-corrected chi connectivity index (χ1v) is 12.8. The first kappa shape index (κ1) is 23.8. The van der Waals surface area contributed by atoms with Gasteiger partial charge in [-0.15, -0.1) is 0 Å². The second kappa shape index (κ2) is 10.0. The summed E-state index contributed by atoms with van der Waals surface area (Å²) in [6, 6.07) is 20.2. The highest BCUT2D eigenvalue weighted by Crippen LogP contribution is 2.37. The predicted octanol–water partition coefficient (Wildman–Crippen LogP) is 5.70. The zero-order chi connectivity index (χ0) is 26.1. The summed E-state index contributed by atoms with van der Waals surface area (Å²) in [6.45, 7) is 3.62. The molecule has 8 nitrogen and oxygen atoms in total. The van der Waals surface area contributed by atoms with Crippen LogP contribution in [0.4, 0.5) is 5.82 Å². The van der Waals surface area contributed by atoms with Gasteiger partial charge in [-0.25, -0.2) is 4.98 Å². The number of nitrogen functional groups attached to an aromatic ring is 1. The molecule has 0 saturated carbocycles. The second-order valence-electron chi connectivity index (χ2n) is 9.66. The lowest BCUT2D eigenvalue weighted by molar-refractivity contribution is -0.130. The number of carbonyl (C=O) groups is 1. The number of rotatable bonds is 6. The van der Waals surface area contributed by atoms with Crippen molar-refractivity contribution in [2.24, 2.45) is 0 Å². The molecule has 4 heterocycles. The Morgan fingerprint density at radius 1 is 1.05 bits per heavy atom. The van der Waals surface area contributed by atoms with Gasteiger partial charge in [-0.2, -0.15) is 5.10 Å². The van der Waals surface area contributed by atoms with Crippen LogP contribution in [0.2, 0.25) is 0 Å². The molecule has 1 amide bonds. The van der Waals surface area contributed by atoms with Crippen LogP contribution in [0.25, 0.3) is 33.4 Å². The molecular weight excluding hydrogens is 478 g/mol. The van der Waals surface area contributed by atoms with Crippen molar-refractivity contribution in [2.75, 3.05) is 18.8 Å². The molecule has 0 aliphatic carbocycles. The molecule has 5 aromatic rings. The van der Waals surface area contributed by atoms with E-state index in [-0.39, 0.29) is 11.9 Å². The Hall–Kier alpha value is -4.59. The minimum Gasteiger partial charge on any atom is -0.489 e. The normalized spacial score (nSPS) is 14.2. The topological polar surface area (TPSA) is 99.4 Å². The van der Waals surface area contributed by atoms with Gasteiger partial charge < -0.3 is 19.8 Å². The van der Waals surface area contributed by atoms with E-state index in [0.29, 0.717) is 23.8 Å². The van der Waals surface area contributed by atoms with E-state index in [4.69, 9.17) is 14.9 Å². The van der Waals surface area contributed by atoms with E-state index >= 15 is 0 Å². The van der Waals surface area contributed by atoms with E-state index < -0.39 is 0 Å². The average Bonchev–Trinajstić information content (AvgIpc) is 3.62. The third kappa shape index (κ3) is 4.72. The lowest BCUT2D eigenvalue weighted by Gasteiger charge is -2.31. The molecule has 0 spiro atoms. The molecule has 1 saturated heterocycles. The van der Waals surface area contributed by atoms with Crippen molar-refractivity contribution >= 4 is 22.7 Å². The van der Waals surface area contributed by atoms with E-state index in [1.807, 2.05) is 82.6 Å². The van der Waals surface area contributed by atoms with Crippen LogP contribution < -0.4 is 10.5 Å². The molecule has 0 radical (unpaired) electrons. The Labute approximate surface area is 220 Å². The zero-order valence-corrected chi connectivity index (χ0v) is 21.2. The monoisotopic (exact) mass is 507 g/mol. The second-order valence-corrected chi connectivity index (χ2v) is 9.66. The smallest absolute Gasteiger partial charge is 0.219 e. The van der Waals surface area contributed by atoms with Crippen LogP contribution in [-0.4, -0.2) is 38.7 Å². The highest BCUT2D eigenvalue weighted by Gasteiger charge is 2.23. The predicted molar refractivity (Wildman–Crippen MR) is 146 cm³/mol. The molecule has 1 aliphatic rings. The SMILES string of the molecule is CC(=O)N1CCC(n2cc(-c3cnc(N)c4oc(-c5cccc(OCc6ccccc6)c5)cc34)cn2)CC1. The van der Waals surface area contributed by atoms with Crippen LogP contribution in [0.3, 0.4) is 0 Å². The van der Waals surface area contributed by atoms with Crippen molar-refractivity contribution in [3.8, 4) is 28.2 Å². The maximum Gasteiger partial charge on any atom is 0.219 e. The summed E-state index contributed by atoms with van der Waals surface area (Å²) >= 11 is 0. The van der Waals surface area contributed by atoms with Crippen molar-refractivity contribution < 1.29 is 13.9 Å². The van der Waals surface area contributed by atoms with Crippen molar-refractivity contribution in [1.82, 2.24) is 19.7 Å². The first-order valence-electron chi connectivity index (χ1n) is 12.8. The third-order valence-corrected chi connectivity index (χ3v) is 7.15. The van der Waals surface area contributed by atoms with Crippen LogP contribution in [0, 0.1) is 0 Å². The molecule has 6 rings (SSSR count). The van der Waals surface area contributed by atoms with E-state index in [9.17, 15) is 4.79 Å². The largest absolute Gasteiger partial charge is 0.489 e. The van der Waals surface area contributed by atoms with Crippen LogP contribution >= 0.6 is 0 Å². The number of furan rings is 1. The van der Waals surface area contributed by atoms with Crippen molar-refractivity contribution in [3.63, 3.8) is 0 Å². The molecule has 192 valence electrons. The first-order chi connectivity index (χ1) is 18.5. The molecule has 38 heavy (non-hydrogen) atoms. The Morgan fingerprint density at radius 2 is 1.87 bits per heavy atom. The number of pyridine rings is 1. The van der Waals surface area contributed by atoms with E-state index in [0.717, 1.165) is 59.3 Å². The lowest BCUT2D eigenvalue weighted by Crippen LogP contribution is -2.37. The van der Waals surface area contributed by atoms with E-state index in [1.54, 1.807) is 13.1 Å². The van der Waals surface area contributed by atoms with Crippen LogP contribution in [0.5, 0.6) is 5.75 Å². The number of hydrogen-bond acceptors (Lipinski definition) is 6. The Bertz CT molecular complexity index is 1580. The van der Waals surface area contributed by atoms with Gasteiger partial charge in [-0.3, -0.25) is 9.48 Å². The number of amides is 1. The number of nitrogens with two attached hydrogens (primary N) is 1. The average molecular weight is 508 g/mol. The van der Waals surface area contributed by atoms with Crippen molar-refractivity contribution in [1.29, 1.82) is 0 Å². The number of likely N-dealkylation sites (tertiary alicyclic amines) is 1.